The third-order valence-electron chi connectivity index (χ3n) is 3.72. The van der Waals surface area contributed by atoms with Crippen LogP contribution in [-0.4, -0.2) is 12.5 Å². The number of fused-ring (bicyclic) bond motifs is 1. The first-order valence-corrected chi connectivity index (χ1v) is 8.08. The molecule has 3 aromatic rings. The molecule has 1 amide bonds. The first-order valence-electron chi connectivity index (χ1n) is 7.26. The van der Waals surface area contributed by atoms with Gasteiger partial charge in [0.05, 0.1) is 4.88 Å². The molecule has 2 aromatic carbocycles. The molecular weight excluding hydrogens is 316 g/mol. The number of amides is 1. The van der Waals surface area contributed by atoms with Crippen molar-refractivity contribution in [2.45, 2.75) is 13.3 Å². The maximum atomic E-state index is 13.9. The van der Waals surface area contributed by atoms with Crippen molar-refractivity contribution in [2.75, 3.05) is 6.54 Å². The van der Waals surface area contributed by atoms with Gasteiger partial charge in [-0.1, -0.05) is 18.2 Å². The Bertz CT molecular complexity index is 855. The standard InChI is InChI=1S/C18H15F2NOS/c1-11-16-14(20)3-2-4-15(16)23-17(11)18(22)21-10-9-12-5-7-13(19)8-6-12/h2-8H,9-10H2,1H3,(H,21,22). The van der Waals surface area contributed by atoms with Crippen molar-refractivity contribution in [3.05, 3.63) is 70.1 Å². The fraction of sp³-hybridized carbons (Fsp3) is 0.167. The Hall–Kier alpha value is -2.27. The van der Waals surface area contributed by atoms with Gasteiger partial charge in [0.15, 0.2) is 0 Å². The largest absolute Gasteiger partial charge is 0.351 e. The van der Waals surface area contributed by atoms with Gasteiger partial charge in [-0.05, 0) is 48.7 Å². The average molecular weight is 331 g/mol. The first kappa shape index (κ1) is 15.6. The summed E-state index contributed by atoms with van der Waals surface area (Å²) in [6.45, 7) is 2.21. The molecule has 0 aliphatic carbocycles. The Morgan fingerprint density at radius 2 is 1.87 bits per heavy atom. The topological polar surface area (TPSA) is 29.1 Å². The zero-order valence-corrected chi connectivity index (χ0v) is 13.3. The number of nitrogens with one attached hydrogen (secondary N) is 1. The van der Waals surface area contributed by atoms with Gasteiger partial charge < -0.3 is 5.32 Å². The van der Waals surface area contributed by atoms with Crippen molar-refractivity contribution in [1.29, 1.82) is 0 Å². The second kappa shape index (κ2) is 6.46. The predicted molar refractivity (Wildman–Crippen MR) is 89.0 cm³/mol. The Morgan fingerprint density at radius 1 is 1.13 bits per heavy atom. The van der Waals surface area contributed by atoms with Crippen LogP contribution >= 0.6 is 11.3 Å². The number of thiophene rings is 1. The highest BCUT2D eigenvalue weighted by molar-refractivity contribution is 7.21. The first-order chi connectivity index (χ1) is 11.1. The molecule has 0 saturated carbocycles. The summed E-state index contributed by atoms with van der Waals surface area (Å²) in [5.41, 5.74) is 1.62. The molecule has 3 rings (SSSR count). The zero-order chi connectivity index (χ0) is 16.4. The van der Waals surface area contributed by atoms with Crippen LogP contribution in [0.3, 0.4) is 0 Å². The van der Waals surface area contributed by atoms with E-state index >= 15 is 0 Å². The van der Waals surface area contributed by atoms with Gasteiger partial charge in [0, 0.05) is 16.6 Å². The molecule has 1 heterocycles. The summed E-state index contributed by atoms with van der Waals surface area (Å²) in [6.07, 6.45) is 0.615. The summed E-state index contributed by atoms with van der Waals surface area (Å²) < 4.78 is 27.5. The van der Waals surface area contributed by atoms with E-state index in [4.69, 9.17) is 0 Å². The molecule has 0 bridgehead atoms. The number of hydrogen-bond donors (Lipinski definition) is 1. The maximum Gasteiger partial charge on any atom is 0.261 e. The molecule has 0 spiro atoms. The Kier molecular flexibility index (Phi) is 4.39. The van der Waals surface area contributed by atoms with Crippen molar-refractivity contribution in [3.8, 4) is 0 Å². The second-order valence-corrected chi connectivity index (χ2v) is 6.35. The zero-order valence-electron chi connectivity index (χ0n) is 12.5. The summed E-state index contributed by atoms with van der Waals surface area (Å²) >= 11 is 1.29. The maximum absolute atomic E-state index is 13.9. The lowest BCUT2D eigenvalue weighted by Crippen LogP contribution is -2.25. The van der Waals surface area contributed by atoms with E-state index in [1.54, 1.807) is 25.1 Å². The summed E-state index contributed by atoms with van der Waals surface area (Å²) in [7, 11) is 0. The molecule has 0 aliphatic rings. The van der Waals surface area contributed by atoms with Gasteiger partial charge in [-0.3, -0.25) is 4.79 Å². The van der Waals surface area contributed by atoms with E-state index < -0.39 is 0 Å². The lowest BCUT2D eigenvalue weighted by Gasteiger charge is -2.05. The van der Waals surface area contributed by atoms with Crippen LogP contribution in [-0.2, 0) is 6.42 Å². The Balaban J connectivity index is 1.70. The lowest BCUT2D eigenvalue weighted by molar-refractivity contribution is 0.0957. The van der Waals surface area contributed by atoms with Gasteiger partial charge in [-0.2, -0.15) is 0 Å². The highest BCUT2D eigenvalue weighted by Crippen LogP contribution is 2.32. The molecule has 2 nitrogen and oxygen atoms in total. The van der Waals surface area contributed by atoms with Crippen LogP contribution in [0, 0.1) is 18.6 Å². The molecule has 0 unspecified atom stereocenters. The van der Waals surface area contributed by atoms with Crippen molar-refractivity contribution in [2.24, 2.45) is 0 Å². The van der Waals surface area contributed by atoms with E-state index in [1.165, 1.54) is 29.5 Å². The quantitative estimate of drug-likeness (QED) is 0.751. The number of hydrogen-bond acceptors (Lipinski definition) is 2. The molecule has 5 heteroatoms. The third kappa shape index (κ3) is 3.24. The molecule has 118 valence electrons. The smallest absolute Gasteiger partial charge is 0.261 e. The Labute approximate surface area is 136 Å². The predicted octanol–water partition coefficient (Wildman–Crippen LogP) is 4.46. The minimum atomic E-state index is -0.304. The van der Waals surface area contributed by atoms with E-state index in [-0.39, 0.29) is 17.5 Å². The van der Waals surface area contributed by atoms with Crippen molar-refractivity contribution in [3.63, 3.8) is 0 Å². The van der Waals surface area contributed by atoms with E-state index in [1.807, 2.05) is 6.07 Å². The van der Waals surface area contributed by atoms with Crippen molar-refractivity contribution >= 4 is 27.3 Å². The molecule has 0 aliphatic heterocycles. The molecule has 0 saturated heterocycles. The summed E-state index contributed by atoms with van der Waals surface area (Å²) in [6, 6.07) is 11.0. The van der Waals surface area contributed by atoms with E-state index in [9.17, 15) is 13.6 Å². The molecule has 0 atom stereocenters. The van der Waals surface area contributed by atoms with Crippen LogP contribution < -0.4 is 5.32 Å². The Morgan fingerprint density at radius 3 is 2.57 bits per heavy atom. The monoisotopic (exact) mass is 331 g/mol. The van der Waals surface area contributed by atoms with Gasteiger partial charge in [0.2, 0.25) is 0 Å². The fourth-order valence-electron chi connectivity index (χ4n) is 2.52. The molecule has 0 radical (unpaired) electrons. The number of halogens is 2. The molecule has 1 aromatic heterocycles. The second-order valence-electron chi connectivity index (χ2n) is 5.30. The average Bonchev–Trinajstić information content (AvgIpc) is 2.88. The molecule has 1 N–H and O–H groups in total. The SMILES string of the molecule is Cc1c(C(=O)NCCc2ccc(F)cc2)sc2cccc(F)c12. The van der Waals surface area contributed by atoms with Crippen LogP contribution in [0.2, 0.25) is 0 Å². The number of aryl methyl sites for hydroxylation is 1. The minimum Gasteiger partial charge on any atom is -0.351 e. The molecule has 23 heavy (non-hydrogen) atoms. The van der Waals surface area contributed by atoms with Crippen LogP contribution in [0.5, 0.6) is 0 Å². The summed E-state index contributed by atoms with van der Waals surface area (Å²) in [5.74, 6) is -0.785. The third-order valence-corrected chi connectivity index (χ3v) is 4.98. The van der Waals surface area contributed by atoms with Crippen LogP contribution in [0.4, 0.5) is 8.78 Å². The lowest BCUT2D eigenvalue weighted by atomic mass is 10.1. The fourth-order valence-corrected chi connectivity index (χ4v) is 3.66. The summed E-state index contributed by atoms with van der Waals surface area (Å²) in [5, 5.41) is 3.35. The van der Waals surface area contributed by atoms with E-state index in [2.05, 4.69) is 5.32 Å². The van der Waals surface area contributed by atoms with Gasteiger partial charge in [-0.15, -0.1) is 11.3 Å². The van der Waals surface area contributed by atoms with Crippen LogP contribution in [0.1, 0.15) is 20.8 Å². The van der Waals surface area contributed by atoms with Gasteiger partial charge in [0.25, 0.3) is 5.91 Å². The summed E-state index contributed by atoms with van der Waals surface area (Å²) in [4.78, 5) is 12.8. The van der Waals surface area contributed by atoms with Gasteiger partial charge in [-0.25, -0.2) is 8.78 Å². The number of carbonyl (C=O) groups excluding carboxylic acids is 1. The van der Waals surface area contributed by atoms with Gasteiger partial charge in [0.1, 0.15) is 11.6 Å². The number of carbonyl (C=O) groups is 1. The number of benzene rings is 2. The van der Waals surface area contributed by atoms with Crippen molar-refractivity contribution < 1.29 is 13.6 Å². The molecule has 0 fully saturated rings. The van der Waals surface area contributed by atoms with Crippen LogP contribution in [0.15, 0.2) is 42.5 Å². The highest BCUT2D eigenvalue weighted by atomic mass is 32.1. The minimum absolute atomic E-state index is 0.204. The van der Waals surface area contributed by atoms with E-state index in [0.29, 0.717) is 28.8 Å². The molecular formula is C18H15F2NOS. The van der Waals surface area contributed by atoms with Crippen LogP contribution in [0.25, 0.3) is 10.1 Å². The highest BCUT2D eigenvalue weighted by Gasteiger charge is 2.17. The van der Waals surface area contributed by atoms with E-state index in [0.717, 1.165) is 10.3 Å². The van der Waals surface area contributed by atoms with Crippen molar-refractivity contribution in [1.82, 2.24) is 5.32 Å². The van der Waals surface area contributed by atoms with Gasteiger partial charge >= 0.3 is 0 Å². The number of rotatable bonds is 4. The normalized spacial score (nSPS) is 10.9.